The molecule has 0 unspecified atom stereocenters. The van der Waals surface area contributed by atoms with Gasteiger partial charge in [-0.2, -0.15) is 0 Å². The van der Waals surface area contributed by atoms with Crippen molar-refractivity contribution in [3.05, 3.63) is 170 Å². The van der Waals surface area contributed by atoms with Gasteiger partial charge in [0.2, 0.25) is 0 Å². The number of hydrogen-bond acceptors (Lipinski definition) is 4. The second-order valence-electron chi connectivity index (χ2n) is 10.7. The molecule has 0 atom stereocenters. The smallest absolute Gasteiger partial charge is 0.155 e. The van der Waals surface area contributed by atoms with E-state index in [0.717, 1.165) is 72.6 Å². The van der Waals surface area contributed by atoms with Gasteiger partial charge in [-0.15, -0.1) is 54.1 Å². The molecule has 5 aromatic carbocycles. The Hall–Kier alpha value is -5.68. The average molecular weight is 783 g/mol. The third-order valence-corrected chi connectivity index (χ3v) is 7.84. The Morgan fingerprint density at radius 2 is 1.38 bits per heavy atom. The molecule has 0 saturated heterocycles. The first-order valence-corrected chi connectivity index (χ1v) is 15.0. The average Bonchev–Trinajstić information content (AvgIpc) is 3.72. The van der Waals surface area contributed by atoms with Crippen molar-refractivity contribution in [1.29, 1.82) is 0 Å². The number of pyridine rings is 2. The fourth-order valence-electron chi connectivity index (χ4n) is 5.69. The quantitative estimate of drug-likeness (QED) is 0.167. The molecule has 0 bridgehead atoms. The molecule has 5 nitrogen and oxygen atoms in total. The number of fused-ring (bicyclic) bond motifs is 4. The van der Waals surface area contributed by atoms with Crippen molar-refractivity contribution < 1.29 is 24.5 Å². The molecule has 227 valence electrons. The Balaban J connectivity index is 0.000000228. The van der Waals surface area contributed by atoms with Gasteiger partial charge in [0.1, 0.15) is 5.58 Å². The van der Waals surface area contributed by atoms with E-state index in [1.165, 1.54) is 0 Å². The van der Waals surface area contributed by atoms with Gasteiger partial charge in [0, 0.05) is 43.6 Å². The molecule has 6 heteroatoms. The predicted octanol–water partition coefficient (Wildman–Crippen LogP) is 10.0. The van der Waals surface area contributed by atoms with Crippen molar-refractivity contribution in [3.8, 4) is 39.5 Å². The monoisotopic (exact) mass is 783 g/mol. The van der Waals surface area contributed by atoms with Gasteiger partial charge < -0.3 is 14.0 Å². The summed E-state index contributed by atoms with van der Waals surface area (Å²) in [5, 5.41) is 2.12. The molecule has 0 aliphatic heterocycles. The van der Waals surface area contributed by atoms with E-state index in [2.05, 4.69) is 75.2 Å². The Morgan fingerprint density at radius 3 is 2.17 bits per heavy atom. The maximum Gasteiger partial charge on any atom is 0.155 e. The fourth-order valence-corrected chi connectivity index (χ4v) is 5.69. The molecule has 47 heavy (non-hydrogen) atoms. The van der Waals surface area contributed by atoms with Crippen molar-refractivity contribution in [3.63, 3.8) is 0 Å². The summed E-state index contributed by atoms with van der Waals surface area (Å²) in [5.41, 5.74) is 9.35. The largest absolute Gasteiger partial charge is 0.501 e. The van der Waals surface area contributed by atoms with Gasteiger partial charge in [-0.1, -0.05) is 83.7 Å². The van der Waals surface area contributed by atoms with Gasteiger partial charge in [-0.3, -0.25) is 4.98 Å². The zero-order valence-corrected chi connectivity index (χ0v) is 27.4. The molecule has 0 aliphatic carbocycles. The van der Waals surface area contributed by atoms with Gasteiger partial charge in [-0.25, -0.2) is 4.98 Å². The van der Waals surface area contributed by atoms with Crippen molar-refractivity contribution in [2.75, 3.05) is 0 Å². The minimum atomic E-state index is 0. The zero-order valence-electron chi connectivity index (χ0n) is 25.0. The summed E-state index contributed by atoms with van der Waals surface area (Å²) in [6.07, 6.45) is 3.58. The molecule has 0 aliphatic rings. The van der Waals surface area contributed by atoms with E-state index in [0.29, 0.717) is 0 Å². The minimum Gasteiger partial charge on any atom is -0.501 e. The number of rotatable bonds is 4. The molecule has 0 saturated carbocycles. The molecule has 0 N–H and O–H groups in total. The van der Waals surface area contributed by atoms with Crippen LogP contribution in [0.4, 0.5) is 0 Å². The summed E-state index contributed by atoms with van der Waals surface area (Å²) in [7, 11) is 0. The first-order valence-electron chi connectivity index (χ1n) is 15.0. The van der Waals surface area contributed by atoms with Crippen molar-refractivity contribution in [2.45, 2.75) is 0 Å². The summed E-state index contributed by atoms with van der Waals surface area (Å²) in [5.74, 6) is 0.757. The molecular formula is C41H26IrN4O-2. The fraction of sp³-hybridized carbons (Fsp3) is 0. The SMILES string of the molecule is [Ir].[c-]1ccc2c(oc3cc(-c4ccccc4)ccc32)c1-c1nc2cccnc2n1-c1ccccc1.[c-]1ccccc1-c1ccccn1. The second kappa shape index (κ2) is 13.4. The van der Waals surface area contributed by atoms with Gasteiger partial charge in [0.05, 0.1) is 16.9 Å². The summed E-state index contributed by atoms with van der Waals surface area (Å²) in [6.45, 7) is 0. The maximum atomic E-state index is 6.48. The van der Waals surface area contributed by atoms with E-state index in [4.69, 9.17) is 9.40 Å². The van der Waals surface area contributed by atoms with Crippen LogP contribution in [-0.4, -0.2) is 19.5 Å². The molecule has 0 spiro atoms. The molecular weight excluding hydrogens is 757 g/mol. The number of hydrogen-bond donors (Lipinski definition) is 0. The van der Waals surface area contributed by atoms with Gasteiger partial charge in [0.25, 0.3) is 0 Å². The third kappa shape index (κ3) is 5.88. The topological polar surface area (TPSA) is 56.7 Å². The van der Waals surface area contributed by atoms with E-state index in [9.17, 15) is 0 Å². The number of furan rings is 1. The number of benzene rings is 5. The van der Waals surface area contributed by atoms with Crippen LogP contribution in [0, 0.1) is 12.1 Å². The summed E-state index contributed by atoms with van der Waals surface area (Å²) < 4.78 is 8.55. The number of para-hydroxylation sites is 1. The van der Waals surface area contributed by atoms with Crippen LogP contribution in [0.1, 0.15) is 0 Å². The standard InChI is InChI=1S/C30H18N3O.C11H8N.Ir/c1-3-9-20(10-4-1)21-16-17-23-24-13-7-14-25(28(24)34-27(23)19-21)29-32-26-15-8-18-31-30(26)33(29)22-11-5-2-6-12-22;1-2-6-10(7-3-1)11-8-4-5-9-12-11;/h1-13,15-19H;1-6,8-9H;/q2*-1;. The second-order valence-corrected chi connectivity index (χ2v) is 10.7. The minimum absolute atomic E-state index is 0. The van der Waals surface area contributed by atoms with Crippen LogP contribution in [0.3, 0.4) is 0 Å². The Morgan fingerprint density at radius 1 is 0.596 bits per heavy atom. The zero-order chi connectivity index (χ0) is 30.7. The van der Waals surface area contributed by atoms with Crippen molar-refractivity contribution >= 4 is 33.1 Å². The van der Waals surface area contributed by atoms with Gasteiger partial charge >= 0.3 is 0 Å². The van der Waals surface area contributed by atoms with E-state index in [1.807, 2.05) is 97.1 Å². The van der Waals surface area contributed by atoms with Crippen LogP contribution in [0.2, 0.25) is 0 Å². The molecule has 0 amide bonds. The van der Waals surface area contributed by atoms with Crippen LogP contribution in [0.25, 0.3) is 72.6 Å². The van der Waals surface area contributed by atoms with Gasteiger partial charge in [0.15, 0.2) is 5.65 Å². The van der Waals surface area contributed by atoms with E-state index in [1.54, 1.807) is 12.4 Å². The van der Waals surface area contributed by atoms with E-state index >= 15 is 0 Å². The first kappa shape index (κ1) is 30.0. The summed E-state index contributed by atoms with van der Waals surface area (Å²) >= 11 is 0. The van der Waals surface area contributed by atoms with Crippen molar-refractivity contribution in [1.82, 2.24) is 19.5 Å². The predicted molar refractivity (Wildman–Crippen MR) is 184 cm³/mol. The van der Waals surface area contributed by atoms with Crippen molar-refractivity contribution in [2.24, 2.45) is 0 Å². The summed E-state index contributed by atoms with van der Waals surface area (Å²) in [6, 6.07) is 55.0. The van der Waals surface area contributed by atoms with Crippen LogP contribution in [-0.2, 0) is 20.1 Å². The molecule has 4 heterocycles. The molecule has 0 fully saturated rings. The Bertz CT molecular complexity index is 2370. The molecule has 1 radical (unpaired) electrons. The molecule has 4 aromatic heterocycles. The molecule has 9 aromatic rings. The number of imidazole rings is 1. The Kier molecular flexibility index (Phi) is 8.52. The molecule has 9 rings (SSSR count). The van der Waals surface area contributed by atoms with E-state index in [-0.39, 0.29) is 20.1 Å². The van der Waals surface area contributed by atoms with Gasteiger partial charge in [-0.05, 0) is 53.2 Å². The van der Waals surface area contributed by atoms with E-state index < -0.39 is 0 Å². The first-order chi connectivity index (χ1) is 22.8. The maximum absolute atomic E-state index is 6.48. The van der Waals surface area contributed by atoms with Crippen LogP contribution in [0.15, 0.2) is 162 Å². The van der Waals surface area contributed by atoms with Crippen LogP contribution in [0.5, 0.6) is 0 Å². The summed E-state index contributed by atoms with van der Waals surface area (Å²) in [4.78, 5) is 13.8. The number of aromatic nitrogens is 4. The Labute approximate surface area is 285 Å². The third-order valence-electron chi connectivity index (χ3n) is 7.84. The van der Waals surface area contributed by atoms with Crippen LogP contribution >= 0.6 is 0 Å². The number of nitrogens with zero attached hydrogens (tertiary/aromatic N) is 4. The van der Waals surface area contributed by atoms with Crippen LogP contribution < -0.4 is 0 Å². The normalized spacial score (nSPS) is 10.8.